The standard InChI is InChI=1S/C14H10N4/c1-2-6-12-11(5-1)16-14(18-10-4-8-15-18)13-7-3-9-17(12)13/h1-10H. The molecule has 0 spiro atoms. The molecular weight excluding hydrogens is 224 g/mol. The van der Waals surface area contributed by atoms with Crippen LogP contribution in [0.15, 0.2) is 61.1 Å². The Morgan fingerprint density at radius 1 is 0.833 bits per heavy atom. The van der Waals surface area contributed by atoms with Crippen LogP contribution in [0.1, 0.15) is 0 Å². The van der Waals surface area contributed by atoms with E-state index in [0.717, 1.165) is 22.4 Å². The quantitative estimate of drug-likeness (QED) is 0.507. The van der Waals surface area contributed by atoms with Crippen molar-refractivity contribution in [3.05, 3.63) is 61.1 Å². The van der Waals surface area contributed by atoms with E-state index in [1.165, 1.54) is 0 Å². The van der Waals surface area contributed by atoms with E-state index < -0.39 is 0 Å². The number of nitrogens with zero attached hydrogens (tertiary/aromatic N) is 4. The van der Waals surface area contributed by atoms with E-state index in [0.29, 0.717) is 0 Å². The molecule has 0 amide bonds. The van der Waals surface area contributed by atoms with Crippen molar-refractivity contribution in [2.45, 2.75) is 0 Å². The molecule has 0 unspecified atom stereocenters. The molecule has 0 bridgehead atoms. The second-order valence-corrected chi connectivity index (χ2v) is 4.14. The van der Waals surface area contributed by atoms with Crippen molar-refractivity contribution in [1.29, 1.82) is 0 Å². The van der Waals surface area contributed by atoms with Crippen LogP contribution in [0.25, 0.3) is 22.4 Å². The number of para-hydroxylation sites is 2. The molecule has 3 aromatic heterocycles. The average Bonchev–Trinajstić information content (AvgIpc) is 3.09. The van der Waals surface area contributed by atoms with Gasteiger partial charge >= 0.3 is 0 Å². The van der Waals surface area contributed by atoms with Crippen LogP contribution < -0.4 is 0 Å². The fraction of sp³-hybridized carbons (Fsp3) is 0. The highest BCUT2D eigenvalue weighted by Gasteiger charge is 2.08. The van der Waals surface area contributed by atoms with E-state index >= 15 is 0 Å². The Morgan fingerprint density at radius 3 is 2.61 bits per heavy atom. The molecule has 18 heavy (non-hydrogen) atoms. The smallest absolute Gasteiger partial charge is 0.178 e. The van der Waals surface area contributed by atoms with Gasteiger partial charge in [-0.05, 0) is 30.3 Å². The van der Waals surface area contributed by atoms with E-state index in [9.17, 15) is 0 Å². The van der Waals surface area contributed by atoms with Crippen molar-refractivity contribution >= 4 is 16.6 Å². The number of hydrogen-bond acceptors (Lipinski definition) is 2. The highest BCUT2D eigenvalue weighted by atomic mass is 15.3. The Kier molecular flexibility index (Phi) is 1.80. The molecule has 86 valence electrons. The van der Waals surface area contributed by atoms with Crippen LogP contribution in [0.4, 0.5) is 0 Å². The van der Waals surface area contributed by atoms with Crippen molar-refractivity contribution < 1.29 is 0 Å². The first-order chi connectivity index (χ1) is 8.93. The fourth-order valence-corrected chi connectivity index (χ4v) is 2.27. The van der Waals surface area contributed by atoms with Gasteiger partial charge in [-0.25, -0.2) is 9.67 Å². The van der Waals surface area contributed by atoms with E-state index in [-0.39, 0.29) is 0 Å². The van der Waals surface area contributed by atoms with Gasteiger partial charge in [0.25, 0.3) is 0 Å². The van der Waals surface area contributed by atoms with Gasteiger partial charge in [0.1, 0.15) is 0 Å². The summed E-state index contributed by atoms with van der Waals surface area (Å²) in [5.74, 6) is 0.851. The maximum atomic E-state index is 4.70. The molecule has 0 saturated heterocycles. The molecule has 4 heteroatoms. The van der Waals surface area contributed by atoms with Gasteiger partial charge in [0.2, 0.25) is 0 Å². The summed E-state index contributed by atoms with van der Waals surface area (Å²) >= 11 is 0. The van der Waals surface area contributed by atoms with Crippen molar-refractivity contribution in [1.82, 2.24) is 19.2 Å². The minimum Gasteiger partial charge on any atom is -0.312 e. The summed E-state index contributed by atoms with van der Waals surface area (Å²) in [6.07, 6.45) is 5.72. The zero-order chi connectivity index (χ0) is 11.9. The van der Waals surface area contributed by atoms with Gasteiger partial charge in [0.05, 0.1) is 16.6 Å². The molecule has 0 atom stereocenters. The largest absolute Gasteiger partial charge is 0.312 e. The molecule has 0 aliphatic rings. The van der Waals surface area contributed by atoms with Gasteiger partial charge in [-0.15, -0.1) is 0 Å². The van der Waals surface area contributed by atoms with Crippen LogP contribution in [-0.4, -0.2) is 19.2 Å². The Balaban J connectivity index is 2.21. The average molecular weight is 234 g/mol. The van der Waals surface area contributed by atoms with E-state index in [4.69, 9.17) is 4.98 Å². The van der Waals surface area contributed by atoms with E-state index in [1.54, 1.807) is 10.9 Å². The molecule has 1 aromatic carbocycles. The Morgan fingerprint density at radius 2 is 1.72 bits per heavy atom. The third-order valence-corrected chi connectivity index (χ3v) is 3.07. The van der Waals surface area contributed by atoms with Crippen molar-refractivity contribution in [3.8, 4) is 5.82 Å². The zero-order valence-electron chi connectivity index (χ0n) is 9.56. The summed E-state index contributed by atoms with van der Waals surface area (Å²) in [7, 11) is 0. The van der Waals surface area contributed by atoms with Gasteiger partial charge in [-0.3, -0.25) is 0 Å². The monoisotopic (exact) mass is 234 g/mol. The molecule has 4 nitrogen and oxygen atoms in total. The van der Waals surface area contributed by atoms with Gasteiger partial charge in [-0.2, -0.15) is 5.10 Å². The van der Waals surface area contributed by atoms with Crippen LogP contribution in [0.3, 0.4) is 0 Å². The molecule has 3 heterocycles. The van der Waals surface area contributed by atoms with Crippen LogP contribution in [0, 0.1) is 0 Å². The third kappa shape index (κ3) is 1.20. The lowest BCUT2D eigenvalue weighted by Gasteiger charge is -2.07. The summed E-state index contributed by atoms with van der Waals surface area (Å²) in [6.45, 7) is 0. The topological polar surface area (TPSA) is 35.1 Å². The molecule has 0 N–H and O–H groups in total. The number of hydrogen-bond donors (Lipinski definition) is 0. The molecule has 0 fully saturated rings. The second-order valence-electron chi connectivity index (χ2n) is 4.14. The third-order valence-electron chi connectivity index (χ3n) is 3.07. The second kappa shape index (κ2) is 3.43. The lowest BCUT2D eigenvalue weighted by atomic mass is 10.3. The van der Waals surface area contributed by atoms with Crippen LogP contribution in [0.2, 0.25) is 0 Å². The minimum atomic E-state index is 0.851. The minimum absolute atomic E-state index is 0.851. The lowest BCUT2D eigenvalue weighted by molar-refractivity contribution is 0.854. The van der Waals surface area contributed by atoms with E-state index in [2.05, 4.69) is 21.6 Å². The van der Waals surface area contributed by atoms with Gasteiger partial charge in [0.15, 0.2) is 5.82 Å². The SMILES string of the molecule is c1ccc2c(c1)nc(-n1cccn1)c1cccn12. The number of benzene rings is 1. The molecule has 4 aromatic rings. The molecule has 0 aliphatic carbocycles. The summed E-state index contributed by atoms with van der Waals surface area (Å²) in [5.41, 5.74) is 3.12. The first kappa shape index (κ1) is 9.41. The summed E-state index contributed by atoms with van der Waals surface area (Å²) in [4.78, 5) is 4.70. The predicted octanol–water partition coefficient (Wildman–Crippen LogP) is 2.67. The van der Waals surface area contributed by atoms with Crippen molar-refractivity contribution in [2.75, 3.05) is 0 Å². The predicted molar refractivity (Wildman–Crippen MR) is 69.8 cm³/mol. The highest BCUT2D eigenvalue weighted by molar-refractivity contribution is 5.81. The number of aromatic nitrogens is 4. The van der Waals surface area contributed by atoms with Gasteiger partial charge < -0.3 is 4.40 Å². The summed E-state index contributed by atoms with van der Waals surface area (Å²) in [6, 6.07) is 14.1. The Hall–Kier alpha value is -2.62. The first-order valence-corrected chi connectivity index (χ1v) is 5.79. The van der Waals surface area contributed by atoms with Gasteiger partial charge in [-0.1, -0.05) is 12.1 Å². The maximum Gasteiger partial charge on any atom is 0.178 e. The zero-order valence-corrected chi connectivity index (χ0v) is 9.56. The van der Waals surface area contributed by atoms with Crippen molar-refractivity contribution in [3.63, 3.8) is 0 Å². The molecule has 0 aliphatic heterocycles. The fourth-order valence-electron chi connectivity index (χ4n) is 2.27. The normalized spacial score (nSPS) is 11.3. The summed E-state index contributed by atoms with van der Waals surface area (Å²) < 4.78 is 3.93. The highest BCUT2D eigenvalue weighted by Crippen LogP contribution is 2.20. The number of fused-ring (bicyclic) bond motifs is 3. The molecule has 0 radical (unpaired) electrons. The van der Waals surface area contributed by atoms with Crippen molar-refractivity contribution in [2.24, 2.45) is 0 Å². The first-order valence-electron chi connectivity index (χ1n) is 5.79. The maximum absolute atomic E-state index is 4.70. The van der Waals surface area contributed by atoms with E-state index in [1.807, 2.05) is 42.7 Å². The van der Waals surface area contributed by atoms with Gasteiger partial charge in [0, 0.05) is 18.6 Å². The Bertz CT molecular complexity index is 827. The molecular formula is C14H10N4. The Labute approximate surface area is 103 Å². The van der Waals surface area contributed by atoms with Crippen LogP contribution in [0.5, 0.6) is 0 Å². The lowest BCUT2D eigenvalue weighted by Crippen LogP contribution is -2.02. The molecule has 4 rings (SSSR count). The van der Waals surface area contributed by atoms with Crippen LogP contribution >= 0.6 is 0 Å². The van der Waals surface area contributed by atoms with Crippen LogP contribution in [-0.2, 0) is 0 Å². The molecule has 0 saturated carbocycles. The summed E-state index contributed by atoms with van der Waals surface area (Å²) in [5, 5.41) is 4.26. The number of rotatable bonds is 1.